The summed E-state index contributed by atoms with van der Waals surface area (Å²) in [7, 11) is 0. The van der Waals surface area contributed by atoms with Crippen molar-refractivity contribution in [3.63, 3.8) is 0 Å². The summed E-state index contributed by atoms with van der Waals surface area (Å²) in [6.45, 7) is 52.2. The summed E-state index contributed by atoms with van der Waals surface area (Å²) >= 11 is 0. The van der Waals surface area contributed by atoms with Crippen molar-refractivity contribution in [1.29, 1.82) is 0 Å². The number of nitrogens with zero attached hydrogens (tertiary/aromatic N) is 1. The van der Waals surface area contributed by atoms with Crippen LogP contribution >= 0.6 is 0 Å². The maximum absolute atomic E-state index is 4.08. The van der Waals surface area contributed by atoms with E-state index in [-0.39, 0.29) is 40.1 Å². The molecule has 705 valence electrons. The molecule has 0 spiro atoms. The fourth-order valence-electron chi connectivity index (χ4n) is 14.5. The second kappa shape index (κ2) is 63.2. The third-order valence-corrected chi connectivity index (χ3v) is 22.9. The second-order valence-corrected chi connectivity index (χ2v) is 35.3. The zero-order chi connectivity index (χ0) is 98.7. The van der Waals surface area contributed by atoms with Crippen molar-refractivity contribution in [2.75, 3.05) is 0 Å². The van der Waals surface area contributed by atoms with E-state index in [1.165, 1.54) is 205 Å². The minimum atomic E-state index is 0. The van der Waals surface area contributed by atoms with Crippen LogP contribution in [0.3, 0.4) is 0 Å². The first kappa shape index (κ1) is 115. The van der Waals surface area contributed by atoms with E-state index in [1.807, 2.05) is 112 Å². The summed E-state index contributed by atoms with van der Waals surface area (Å²) < 4.78 is 0. The van der Waals surface area contributed by atoms with E-state index in [2.05, 4.69) is 503 Å². The van der Waals surface area contributed by atoms with E-state index >= 15 is 0 Å². The van der Waals surface area contributed by atoms with Gasteiger partial charge in [0, 0.05) is 44.6 Å². The predicted octanol–water partition coefficient (Wildman–Crippen LogP) is 40.4. The molecule has 0 unspecified atom stereocenters. The molecule has 0 bridgehead atoms. The Balaban J connectivity index is 0.000000270. The Morgan fingerprint density at radius 1 is 0.254 bits per heavy atom. The molecule has 2 heteroatoms. The van der Waals surface area contributed by atoms with Gasteiger partial charge >= 0.3 is 0 Å². The van der Waals surface area contributed by atoms with Crippen LogP contribution in [0.2, 0.25) is 0 Å². The number of aryl methyl sites for hydroxylation is 15. The van der Waals surface area contributed by atoms with Gasteiger partial charge in [-0.15, -0.1) is 0 Å². The van der Waals surface area contributed by atoms with Crippen molar-refractivity contribution >= 4 is 84.2 Å². The van der Waals surface area contributed by atoms with Gasteiger partial charge in [0.2, 0.25) is 0 Å². The molecule has 1 aliphatic carbocycles. The fourth-order valence-corrected chi connectivity index (χ4v) is 14.5. The van der Waals surface area contributed by atoms with Gasteiger partial charge in [-0.25, -0.2) is 0 Å². The Morgan fingerprint density at radius 3 is 0.804 bits per heavy atom. The number of allylic oxidation sites excluding steroid dienone is 13. The monoisotopic (exact) mass is 1890 g/mol. The average Bonchev–Trinajstić information content (AvgIpc) is 0.868. The van der Waals surface area contributed by atoms with Crippen LogP contribution in [0.25, 0.3) is 106 Å². The minimum absolute atomic E-state index is 0. The summed E-state index contributed by atoms with van der Waals surface area (Å²) in [6.07, 6.45) is 35.1. The topological polar surface area (TPSA) is 12.9 Å². The van der Waals surface area contributed by atoms with Crippen molar-refractivity contribution < 1.29 is 32.7 Å². The zero-order valence-corrected chi connectivity index (χ0v) is 89.6. The molecule has 1 aromatic heterocycles. The summed E-state index contributed by atoms with van der Waals surface area (Å²) in [5.74, 6) is 0. The van der Waals surface area contributed by atoms with Gasteiger partial charge in [-0.2, -0.15) is 6.92 Å². The van der Waals surface area contributed by atoms with Gasteiger partial charge in [-0.1, -0.05) is 478 Å². The van der Waals surface area contributed by atoms with Crippen molar-refractivity contribution in [2.45, 2.75) is 187 Å². The van der Waals surface area contributed by atoms with Gasteiger partial charge in [0.05, 0.1) is 0 Å². The van der Waals surface area contributed by atoms with Gasteiger partial charge < -0.3 is 6.08 Å². The molecule has 17 aromatic rings. The zero-order valence-electron chi connectivity index (χ0n) is 86.7. The van der Waals surface area contributed by atoms with Crippen LogP contribution < -0.4 is 0 Å². The normalized spacial score (nSPS) is 10.8. The Labute approximate surface area is 858 Å². The van der Waals surface area contributed by atoms with Crippen molar-refractivity contribution in [3.8, 4) is 22.3 Å². The summed E-state index contributed by atoms with van der Waals surface area (Å²) in [5.41, 5.74) is 35.2. The van der Waals surface area contributed by atoms with Crippen LogP contribution in [0.5, 0.6) is 0 Å². The van der Waals surface area contributed by atoms with Crippen LogP contribution in [-0.2, 0) is 32.7 Å². The molecule has 0 aliphatic heterocycles. The first-order valence-corrected chi connectivity index (χ1v) is 47.8. The number of hydrogen-bond donors (Lipinski definition) is 0. The van der Waals surface area contributed by atoms with E-state index < -0.39 is 0 Å². The fraction of sp³-hybridized carbons (Fsp3) is 0.199. The van der Waals surface area contributed by atoms with E-state index in [0.29, 0.717) is 0 Å². The third-order valence-electron chi connectivity index (χ3n) is 22.9. The van der Waals surface area contributed by atoms with Crippen LogP contribution in [0, 0.1) is 110 Å². The smallest absolute Gasteiger partial charge is 0.0372 e. The largest absolute Gasteiger partial charge is 0.501 e. The number of rotatable bonds is 8. The molecule has 0 N–H and O–H groups in total. The molecule has 1 aliphatic rings. The Hall–Kier alpha value is -13.3. The number of benzene rings is 16. The van der Waals surface area contributed by atoms with Gasteiger partial charge in [0.25, 0.3) is 0 Å². The van der Waals surface area contributed by atoms with E-state index in [4.69, 9.17) is 0 Å². The molecular formula is C136H152NY-. The van der Waals surface area contributed by atoms with Gasteiger partial charge in [-0.05, 0) is 320 Å². The number of hydrogen-bond acceptors (Lipinski definition) is 1. The molecule has 0 amide bonds. The van der Waals surface area contributed by atoms with E-state index in [1.54, 1.807) is 0 Å². The molecule has 0 saturated carbocycles. The average molecular weight is 1890 g/mol. The predicted molar refractivity (Wildman–Crippen MR) is 617 cm³/mol. The van der Waals surface area contributed by atoms with Crippen molar-refractivity contribution in [1.82, 2.24) is 4.98 Å². The first-order chi connectivity index (χ1) is 65.5. The van der Waals surface area contributed by atoms with Gasteiger partial charge in [0.1, 0.15) is 0 Å². The molecule has 16 aromatic carbocycles. The molecule has 1 heterocycles. The van der Waals surface area contributed by atoms with E-state index in [9.17, 15) is 0 Å². The maximum Gasteiger partial charge on any atom is 0.0372 e. The summed E-state index contributed by atoms with van der Waals surface area (Å²) in [4.78, 5) is 4.08. The number of pyridine rings is 1. The quantitative estimate of drug-likeness (QED) is 0.0486. The molecule has 138 heavy (non-hydrogen) atoms. The maximum atomic E-state index is 4.08. The van der Waals surface area contributed by atoms with Crippen molar-refractivity contribution in [2.24, 2.45) is 0 Å². The summed E-state index contributed by atoms with van der Waals surface area (Å²) in [6, 6.07) is 121. The van der Waals surface area contributed by atoms with Crippen molar-refractivity contribution in [3.05, 3.63) is 535 Å². The molecule has 1 nitrogen and oxygen atoms in total. The van der Waals surface area contributed by atoms with Crippen LogP contribution in [-0.4, -0.2) is 4.98 Å². The molecule has 1 radical (unpaired) electrons. The Morgan fingerprint density at radius 2 is 0.514 bits per heavy atom. The second-order valence-electron chi connectivity index (χ2n) is 35.3. The standard InChI is InChI=1S/C18H18.2C16H14.C16H16.C14H14.C12H12.C10H12.C8H10.C7H9N.C7H10.C6H10.C5H9.CH4.Y/c1-3-5-15-7-11-17(12-8-15)18-13-9-16(6-4-2)10-14-18;1-11-7-8-12(2)16-10-14-6-4-3-5-13(14)9-15(11)16;1-11-7-8-12(2)16-14(11)10-9-13-5-3-4-6-15(13)16;1-13-3-7-15(8-4-13)11-12-16-9-5-14(2)6-10-16;1-11-3-7-13(8-4-11)14-9-5-12(2)6-10-14;1-9-7-8-10(2)12-6-4-3-5-11(9)12;1-3-4-10-7-5-9(2)6-8-10;1-7-3-5-8(2)6-4-7;1-6-3-4-7(2)8-5-6;1-6-3-4-7(2)5-6;1-3-5-6-4-2;1-4-5(2)3;;/h3-14H,1-2H3;2*3-10H,1-2H3;3-12H,1-2H3;3-10H,1-2H3;3-8H,1-2H3;3-8H,1-2H3;3-6H,1-2H3;3-5H,1-2H3;3-4H,5H2,1-2H3;3-6H,1-2H3;1-3H3;1H4;/q;;;;;;;;;;;-1;;/b5-3+,6-4+;;;12-11+;;;4-3+;;;;5-3+,6-4+;;;. The first-order valence-electron chi connectivity index (χ1n) is 47.8. The molecule has 0 atom stereocenters. The van der Waals surface area contributed by atoms with E-state index in [0.717, 1.165) is 5.69 Å². The summed E-state index contributed by atoms with van der Waals surface area (Å²) in [5, 5.41) is 13.6. The Kier molecular flexibility index (Phi) is 52.8. The molecule has 0 saturated heterocycles. The number of aromatic nitrogens is 1. The van der Waals surface area contributed by atoms with Gasteiger partial charge in [-0.3, -0.25) is 10.6 Å². The third kappa shape index (κ3) is 41.3. The molecular weight excluding hydrogens is 1740 g/mol. The van der Waals surface area contributed by atoms with Crippen LogP contribution in [0.15, 0.2) is 417 Å². The SMILES string of the molecule is C.C/C=C/C=C/C.C/C=C/c1ccc(-c2ccc(/C=C/C)cc2)cc1.C/C=C/c1ccc(C)cc1.CC1=CC=C(C)C1.C[C-]=C(C)C.Cc1ccc(-c2ccc(C)cc2)cc1.Cc1ccc(/C=C/c2ccc(C)cc2)cc1.Cc1ccc(C)c2c1ccc1ccccc12.Cc1ccc(C)c2cc3ccccc3cc12.Cc1ccc(C)c2ccccc12.Cc1ccc(C)cc1.Cc1ccc(C)nc1.[Y]. The van der Waals surface area contributed by atoms with Gasteiger partial charge in [0.15, 0.2) is 0 Å². The molecule has 0 fully saturated rings. The van der Waals surface area contributed by atoms with Crippen LogP contribution in [0.1, 0.15) is 194 Å². The minimum Gasteiger partial charge on any atom is -0.501 e. The molecule has 18 rings (SSSR count). The number of fused-ring (bicyclic) bond motifs is 6. The van der Waals surface area contributed by atoms with Crippen LogP contribution in [0.4, 0.5) is 0 Å². The Bertz CT molecular complexity index is 6380.